The van der Waals surface area contributed by atoms with Gasteiger partial charge in [-0.15, -0.1) is 0 Å². The van der Waals surface area contributed by atoms with Gasteiger partial charge in [-0.05, 0) is 0 Å². The van der Waals surface area contributed by atoms with Gasteiger partial charge in [0.1, 0.15) is 12.7 Å². The van der Waals surface area contributed by atoms with E-state index in [1.54, 1.807) is 7.05 Å². The van der Waals surface area contributed by atoms with Crippen molar-refractivity contribution in [3.63, 3.8) is 0 Å². The van der Waals surface area contributed by atoms with E-state index in [0.29, 0.717) is 5.56 Å². The molecule has 0 aliphatic carbocycles. The first-order valence-corrected chi connectivity index (χ1v) is 5.13. The number of likely N-dealkylation sites (N-methyl/N-ethyl adjacent to an activating group) is 1. The van der Waals surface area contributed by atoms with Crippen LogP contribution in [0.4, 0.5) is 9.59 Å². The highest BCUT2D eigenvalue weighted by Crippen LogP contribution is 1.97. The van der Waals surface area contributed by atoms with Gasteiger partial charge in [0.05, 0.1) is 24.5 Å². The summed E-state index contributed by atoms with van der Waals surface area (Å²) in [5, 5.41) is 14.7. The normalized spacial score (nSPS) is 9.39. The Hall–Kier alpha value is -2.56. The molecule has 0 saturated heterocycles. The van der Waals surface area contributed by atoms with Gasteiger partial charge in [-0.1, -0.05) is 0 Å². The Labute approximate surface area is 104 Å². The Balaban J connectivity index is 2.46. The average Bonchev–Trinajstić information content (AvgIpc) is 2.86. The highest BCUT2D eigenvalue weighted by Gasteiger charge is 2.12. The molecule has 0 spiro atoms. The summed E-state index contributed by atoms with van der Waals surface area (Å²) in [6.45, 7) is 0.308. The smallest absolute Gasteiger partial charge is 0.406 e. The molecular formula is C10H13N5O3. The third-order valence-corrected chi connectivity index (χ3v) is 2.10. The van der Waals surface area contributed by atoms with Crippen molar-refractivity contribution < 1.29 is 14.3 Å². The van der Waals surface area contributed by atoms with E-state index in [-0.39, 0.29) is 13.2 Å². The highest BCUT2D eigenvalue weighted by atomic mass is 16.5. The third-order valence-electron chi connectivity index (χ3n) is 2.10. The molecule has 0 fully saturated rings. The van der Waals surface area contributed by atoms with Gasteiger partial charge in [0.15, 0.2) is 0 Å². The van der Waals surface area contributed by atoms with Crippen LogP contribution in [0.25, 0.3) is 0 Å². The van der Waals surface area contributed by atoms with Crippen LogP contribution in [0.15, 0.2) is 12.4 Å². The van der Waals surface area contributed by atoms with Gasteiger partial charge >= 0.3 is 12.1 Å². The zero-order valence-corrected chi connectivity index (χ0v) is 10.1. The number of hydrogen-bond donors (Lipinski definition) is 1. The number of rotatable bonds is 3. The number of amides is 2. The zero-order valence-electron chi connectivity index (χ0n) is 10.1. The lowest BCUT2D eigenvalue weighted by molar-refractivity contribution is 0.135. The minimum absolute atomic E-state index is 0.0777. The molecule has 1 aromatic rings. The van der Waals surface area contributed by atoms with Crippen molar-refractivity contribution in [1.82, 2.24) is 20.0 Å². The molecule has 0 aliphatic heterocycles. The molecule has 18 heavy (non-hydrogen) atoms. The molecule has 8 nitrogen and oxygen atoms in total. The maximum absolute atomic E-state index is 11.8. The topological polar surface area (TPSA) is 100 Å². The second-order valence-electron chi connectivity index (χ2n) is 3.38. The molecule has 96 valence electrons. The zero-order chi connectivity index (χ0) is 13.5. The van der Waals surface area contributed by atoms with E-state index in [4.69, 9.17) is 10.00 Å². The Morgan fingerprint density at radius 3 is 2.94 bits per heavy atom. The van der Waals surface area contributed by atoms with Gasteiger partial charge in [0.25, 0.3) is 0 Å². The molecule has 1 N–H and O–H groups in total. The van der Waals surface area contributed by atoms with Gasteiger partial charge in [-0.2, -0.15) is 15.0 Å². The molecule has 0 radical (unpaired) electrons. The van der Waals surface area contributed by atoms with E-state index in [1.807, 2.05) is 6.07 Å². The maximum atomic E-state index is 11.8. The fraction of sp³-hybridized carbons (Fsp3) is 0.400. The second-order valence-corrected chi connectivity index (χ2v) is 3.38. The number of carbonyl (C=O) groups is 2. The molecule has 0 atom stereocenters. The van der Waals surface area contributed by atoms with Gasteiger partial charge in [-0.3, -0.25) is 0 Å². The first kappa shape index (κ1) is 13.5. The third kappa shape index (κ3) is 3.48. The molecule has 1 rings (SSSR count). The standard InChI is InChI=1S/C10H13N5O3/c1-12-9(16)18-4-3-14(2)10(17)15-7-8(5-11)6-13-15/h6-7H,3-4H2,1-2H3,(H,12,16). The van der Waals surface area contributed by atoms with Crippen molar-refractivity contribution in [2.45, 2.75) is 0 Å². The Kier molecular flexibility index (Phi) is 4.68. The number of ether oxygens (including phenoxy) is 1. The quantitative estimate of drug-likeness (QED) is 0.815. The first-order chi connectivity index (χ1) is 8.58. The summed E-state index contributed by atoms with van der Waals surface area (Å²) in [4.78, 5) is 23.9. The Morgan fingerprint density at radius 1 is 1.67 bits per heavy atom. The number of alkyl carbamates (subject to hydrolysis) is 1. The molecule has 1 heterocycles. The lowest BCUT2D eigenvalue weighted by Crippen LogP contribution is -2.35. The van der Waals surface area contributed by atoms with Crippen LogP contribution < -0.4 is 5.32 Å². The fourth-order valence-corrected chi connectivity index (χ4v) is 1.10. The predicted molar refractivity (Wildman–Crippen MR) is 60.8 cm³/mol. The number of carbonyl (C=O) groups excluding carboxylic acids is 2. The van der Waals surface area contributed by atoms with Gasteiger partial charge in [0, 0.05) is 14.1 Å². The molecule has 0 unspecified atom stereocenters. The number of nitrogens with one attached hydrogen (secondary N) is 1. The SMILES string of the molecule is CNC(=O)OCCN(C)C(=O)n1cc(C#N)cn1. The van der Waals surface area contributed by atoms with E-state index < -0.39 is 12.1 Å². The van der Waals surface area contributed by atoms with Gasteiger partial charge < -0.3 is 15.0 Å². The van der Waals surface area contributed by atoms with Crippen molar-refractivity contribution in [3.8, 4) is 6.07 Å². The Bertz CT molecular complexity index is 476. The lowest BCUT2D eigenvalue weighted by Gasteiger charge is -2.16. The predicted octanol–water partition coefficient (Wildman–Crippen LogP) is 0.0107. The van der Waals surface area contributed by atoms with E-state index in [2.05, 4.69) is 10.4 Å². The monoisotopic (exact) mass is 251 g/mol. The lowest BCUT2D eigenvalue weighted by atomic mass is 10.4. The Morgan fingerprint density at radius 2 is 2.39 bits per heavy atom. The van der Waals surface area contributed by atoms with E-state index in [0.717, 1.165) is 4.68 Å². The fourth-order valence-electron chi connectivity index (χ4n) is 1.10. The molecule has 0 aromatic carbocycles. The minimum Gasteiger partial charge on any atom is -0.448 e. The summed E-state index contributed by atoms with van der Waals surface area (Å²) in [6.07, 6.45) is 2.08. The van der Waals surface area contributed by atoms with Crippen molar-refractivity contribution in [1.29, 1.82) is 5.26 Å². The minimum atomic E-state index is -0.554. The summed E-state index contributed by atoms with van der Waals surface area (Å²) >= 11 is 0. The number of nitrogens with zero attached hydrogens (tertiary/aromatic N) is 4. The molecule has 0 bridgehead atoms. The van der Waals surface area contributed by atoms with Crippen molar-refractivity contribution in [2.24, 2.45) is 0 Å². The van der Waals surface area contributed by atoms with E-state index >= 15 is 0 Å². The van der Waals surface area contributed by atoms with Crippen LogP contribution in [-0.2, 0) is 4.74 Å². The van der Waals surface area contributed by atoms with Gasteiger partial charge in [-0.25, -0.2) is 9.59 Å². The summed E-state index contributed by atoms with van der Waals surface area (Å²) in [5.74, 6) is 0. The van der Waals surface area contributed by atoms with Crippen LogP contribution in [0.3, 0.4) is 0 Å². The number of aromatic nitrogens is 2. The molecule has 1 aromatic heterocycles. The summed E-state index contributed by atoms with van der Waals surface area (Å²) in [5.41, 5.74) is 0.304. The highest BCUT2D eigenvalue weighted by molar-refractivity contribution is 5.75. The van der Waals surface area contributed by atoms with Crippen LogP contribution in [0.5, 0.6) is 0 Å². The molecular weight excluding hydrogens is 238 g/mol. The van der Waals surface area contributed by atoms with Crippen LogP contribution in [-0.4, -0.2) is 54.1 Å². The largest absolute Gasteiger partial charge is 0.448 e. The van der Waals surface area contributed by atoms with Crippen molar-refractivity contribution in [3.05, 3.63) is 18.0 Å². The van der Waals surface area contributed by atoms with Crippen molar-refractivity contribution in [2.75, 3.05) is 27.2 Å². The molecule has 0 aliphatic rings. The summed E-state index contributed by atoms with van der Waals surface area (Å²) in [6, 6.07) is 1.47. The number of nitriles is 1. The molecule has 8 heteroatoms. The van der Waals surface area contributed by atoms with Crippen LogP contribution in [0.1, 0.15) is 5.56 Å². The number of hydrogen-bond acceptors (Lipinski definition) is 5. The van der Waals surface area contributed by atoms with Crippen LogP contribution in [0, 0.1) is 11.3 Å². The maximum Gasteiger partial charge on any atom is 0.406 e. The van der Waals surface area contributed by atoms with Crippen LogP contribution in [0.2, 0.25) is 0 Å². The van der Waals surface area contributed by atoms with Gasteiger partial charge in [0.2, 0.25) is 0 Å². The van der Waals surface area contributed by atoms with Crippen LogP contribution >= 0.6 is 0 Å². The molecule has 2 amide bonds. The van der Waals surface area contributed by atoms with E-state index in [1.165, 1.54) is 24.3 Å². The van der Waals surface area contributed by atoms with Crippen molar-refractivity contribution >= 4 is 12.1 Å². The summed E-state index contributed by atoms with van der Waals surface area (Å²) in [7, 11) is 2.99. The second kappa shape index (κ2) is 6.24. The molecule has 0 saturated carbocycles. The summed E-state index contributed by atoms with van der Waals surface area (Å²) < 4.78 is 5.80. The van der Waals surface area contributed by atoms with E-state index in [9.17, 15) is 9.59 Å². The first-order valence-electron chi connectivity index (χ1n) is 5.13. The average molecular weight is 251 g/mol.